The highest BCUT2D eigenvalue weighted by atomic mass is 35.5. The van der Waals surface area contributed by atoms with Gasteiger partial charge in [-0.25, -0.2) is 4.90 Å². The van der Waals surface area contributed by atoms with Crippen LogP contribution in [0.5, 0.6) is 11.5 Å². The summed E-state index contributed by atoms with van der Waals surface area (Å²) in [6, 6.07) is 17.4. The van der Waals surface area contributed by atoms with Gasteiger partial charge in [-0.2, -0.15) is 0 Å². The van der Waals surface area contributed by atoms with Gasteiger partial charge < -0.3 is 14.6 Å². The minimum Gasteiger partial charge on any atom is -0.495 e. The molecule has 8 heteroatoms. The van der Waals surface area contributed by atoms with Gasteiger partial charge in [-0.3, -0.25) is 14.4 Å². The predicted molar refractivity (Wildman–Crippen MR) is 127 cm³/mol. The van der Waals surface area contributed by atoms with E-state index in [0.29, 0.717) is 11.1 Å². The van der Waals surface area contributed by atoms with Crippen LogP contribution in [0.1, 0.15) is 28.2 Å². The van der Waals surface area contributed by atoms with E-state index in [-0.39, 0.29) is 22.2 Å². The summed E-state index contributed by atoms with van der Waals surface area (Å²) in [6.45, 7) is 0. The number of nitrogens with zero attached hydrogens (tertiary/aromatic N) is 1. The van der Waals surface area contributed by atoms with E-state index in [0.717, 1.165) is 16.0 Å². The maximum Gasteiger partial charge on any atom is 0.319 e. The first kappa shape index (κ1) is 21.7. The lowest BCUT2D eigenvalue weighted by Gasteiger charge is -2.51. The van der Waals surface area contributed by atoms with Crippen molar-refractivity contribution in [1.82, 2.24) is 0 Å². The molecule has 4 aliphatic rings. The maximum atomic E-state index is 14.1. The third-order valence-corrected chi connectivity index (χ3v) is 7.95. The number of hydrogen-bond acceptors (Lipinski definition) is 5. The molecule has 7 rings (SSSR count). The summed E-state index contributed by atoms with van der Waals surface area (Å²) in [4.78, 5) is 42.5. The molecular formula is C27H20ClNO6. The average Bonchev–Trinajstić information content (AvgIpc) is 3.14. The second-order valence-electron chi connectivity index (χ2n) is 8.94. The number of rotatable bonds is 4. The van der Waals surface area contributed by atoms with Crippen molar-refractivity contribution in [3.8, 4) is 11.5 Å². The van der Waals surface area contributed by atoms with Crippen LogP contribution in [-0.4, -0.2) is 37.1 Å². The number of benzene rings is 3. The van der Waals surface area contributed by atoms with Crippen LogP contribution in [0, 0.1) is 11.8 Å². The molecule has 0 aromatic heterocycles. The minimum absolute atomic E-state index is 0.172. The Labute approximate surface area is 205 Å². The molecule has 2 atom stereocenters. The minimum atomic E-state index is -1.70. The summed E-state index contributed by atoms with van der Waals surface area (Å²) in [7, 11) is 2.84. The van der Waals surface area contributed by atoms with Crippen molar-refractivity contribution in [3.63, 3.8) is 0 Å². The van der Waals surface area contributed by atoms with Crippen LogP contribution in [-0.2, 0) is 19.8 Å². The summed E-state index contributed by atoms with van der Waals surface area (Å²) < 4.78 is 10.8. The molecule has 0 unspecified atom stereocenters. The van der Waals surface area contributed by atoms with Crippen molar-refractivity contribution in [2.24, 2.45) is 11.8 Å². The molecule has 35 heavy (non-hydrogen) atoms. The Kier molecular flexibility index (Phi) is 4.54. The lowest BCUT2D eigenvalue weighted by atomic mass is 9.47. The lowest BCUT2D eigenvalue weighted by molar-refractivity contribution is -0.149. The number of carboxylic acid groups (broad SMARTS) is 1. The number of hydrogen-bond donors (Lipinski definition) is 1. The monoisotopic (exact) mass is 489 g/mol. The van der Waals surface area contributed by atoms with E-state index in [2.05, 4.69) is 0 Å². The number of amides is 2. The summed E-state index contributed by atoms with van der Waals surface area (Å²) in [5, 5.41) is 11.0. The van der Waals surface area contributed by atoms with Crippen LogP contribution >= 0.6 is 11.6 Å². The number of anilines is 1. The van der Waals surface area contributed by atoms with Gasteiger partial charge in [-0.05, 0) is 22.3 Å². The van der Waals surface area contributed by atoms with Crippen LogP contribution in [0.15, 0.2) is 60.7 Å². The molecule has 1 N–H and O–H groups in total. The Balaban J connectivity index is 1.65. The van der Waals surface area contributed by atoms with Crippen molar-refractivity contribution in [1.29, 1.82) is 0 Å². The summed E-state index contributed by atoms with van der Waals surface area (Å²) in [6.07, 6.45) is 0. The smallest absolute Gasteiger partial charge is 0.319 e. The molecule has 176 valence electrons. The molecule has 3 aromatic carbocycles. The molecule has 3 aromatic rings. The molecule has 1 aliphatic heterocycles. The number of ether oxygens (including phenoxy) is 2. The fourth-order valence-electron chi connectivity index (χ4n) is 6.39. The standard InChI is InChI=1S/C27H20ClNO6/c1-34-19-12-18(20(35-2)11-17(19)28)29-24(30)22-21-13-7-3-5-9-15(13)27(26(32)33,23(22)25(29)31)16-10-6-4-8-14(16)21/h3-12,21-23H,1-2H3,(H,32,33)/t21?,22-,23+,27?/m0/s1. The quantitative estimate of drug-likeness (QED) is 0.557. The van der Waals surface area contributed by atoms with Crippen LogP contribution in [0.25, 0.3) is 0 Å². The van der Waals surface area contributed by atoms with Gasteiger partial charge in [0.1, 0.15) is 16.9 Å². The van der Waals surface area contributed by atoms with Gasteiger partial charge in [0.15, 0.2) is 0 Å². The molecule has 1 heterocycles. The van der Waals surface area contributed by atoms with Crippen molar-refractivity contribution >= 4 is 35.1 Å². The number of carboxylic acids is 1. The Hall–Kier alpha value is -3.84. The van der Waals surface area contributed by atoms with Crippen LogP contribution < -0.4 is 14.4 Å². The van der Waals surface area contributed by atoms with Gasteiger partial charge in [0.2, 0.25) is 11.8 Å². The Morgan fingerprint density at radius 1 is 0.914 bits per heavy atom. The third-order valence-electron chi connectivity index (χ3n) is 7.65. The second-order valence-corrected chi connectivity index (χ2v) is 9.35. The van der Waals surface area contributed by atoms with Gasteiger partial charge in [-0.1, -0.05) is 60.1 Å². The zero-order valence-electron chi connectivity index (χ0n) is 18.8. The normalized spacial score (nSPS) is 25.7. The van der Waals surface area contributed by atoms with Crippen LogP contribution in [0.3, 0.4) is 0 Å². The Bertz CT molecular complexity index is 1400. The zero-order chi connectivity index (χ0) is 24.6. The Morgan fingerprint density at radius 3 is 2.03 bits per heavy atom. The van der Waals surface area contributed by atoms with Gasteiger partial charge in [-0.15, -0.1) is 0 Å². The van der Waals surface area contributed by atoms with E-state index >= 15 is 0 Å². The Morgan fingerprint density at radius 2 is 1.49 bits per heavy atom. The summed E-state index contributed by atoms with van der Waals surface area (Å²) >= 11 is 6.25. The number of methoxy groups -OCH3 is 2. The molecule has 2 amide bonds. The van der Waals surface area contributed by atoms with E-state index in [1.54, 1.807) is 24.3 Å². The highest BCUT2D eigenvalue weighted by Gasteiger charge is 2.71. The van der Waals surface area contributed by atoms with E-state index in [4.69, 9.17) is 21.1 Å². The first-order valence-electron chi connectivity index (χ1n) is 11.1. The van der Waals surface area contributed by atoms with Gasteiger partial charge in [0.05, 0.1) is 36.8 Å². The van der Waals surface area contributed by atoms with Crippen LogP contribution in [0.2, 0.25) is 5.02 Å². The molecular weight excluding hydrogens is 470 g/mol. The van der Waals surface area contributed by atoms with Gasteiger partial charge in [0, 0.05) is 18.1 Å². The molecule has 1 fully saturated rings. The number of carbonyl (C=O) groups is 3. The SMILES string of the molecule is COc1cc(N2C(=O)[C@H]3C4c5ccccc5C(C(=O)O)(c5ccccc54)[C@H]3C2=O)c(OC)cc1Cl. The fourth-order valence-corrected chi connectivity index (χ4v) is 6.62. The number of halogens is 1. The third kappa shape index (κ3) is 2.48. The van der Waals surface area contributed by atoms with Crippen molar-refractivity contribution in [3.05, 3.63) is 87.9 Å². The molecule has 2 bridgehead atoms. The van der Waals surface area contributed by atoms with Crippen molar-refractivity contribution in [2.45, 2.75) is 11.3 Å². The molecule has 1 saturated heterocycles. The average molecular weight is 490 g/mol. The van der Waals surface area contributed by atoms with E-state index in [1.807, 2.05) is 24.3 Å². The molecule has 0 saturated carbocycles. The maximum absolute atomic E-state index is 14.1. The highest BCUT2D eigenvalue weighted by Crippen LogP contribution is 2.64. The van der Waals surface area contributed by atoms with Gasteiger partial charge >= 0.3 is 5.97 Å². The van der Waals surface area contributed by atoms with Crippen molar-refractivity contribution in [2.75, 3.05) is 19.1 Å². The molecule has 3 aliphatic carbocycles. The van der Waals surface area contributed by atoms with Crippen LogP contribution in [0.4, 0.5) is 5.69 Å². The van der Waals surface area contributed by atoms with E-state index in [9.17, 15) is 19.5 Å². The predicted octanol–water partition coefficient (Wildman–Crippen LogP) is 3.99. The first-order valence-corrected chi connectivity index (χ1v) is 11.5. The van der Waals surface area contributed by atoms with E-state index in [1.165, 1.54) is 26.4 Å². The van der Waals surface area contributed by atoms with E-state index < -0.39 is 41.0 Å². The second kappa shape index (κ2) is 7.33. The summed E-state index contributed by atoms with van der Waals surface area (Å²) in [5.74, 6) is -4.18. The lowest BCUT2D eigenvalue weighted by Crippen LogP contribution is -2.57. The topological polar surface area (TPSA) is 93.1 Å². The summed E-state index contributed by atoms with van der Waals surface area (Å²) in [5.41, 5.74) is 1.11. The zero-order valence-corrected chi connectivity index (χ0v) is 19.6. The molecule has 0 radical (unpaired) electrons. The molecule has 7 nitrogen and oxygen atoms in total. The number of aliphatic carboxylic acids is 1. The molecule has 0 spiro atoms. The largest absolute Gasteiger partial charge is 0.495 e. The van der Waals surface area contributed by atoms with Gasteiger partial charge in [0.25, 0.3) is 0 Å². The highest BCUT2D eigenvalue weighted by molar-refractivity contribution is 6.33. The first-order chi connectivity index (χ1) is 16.9. The fraction of sp³-hybridized carbons (Fsp3) is 0.222. The van der Waals surface area contributed by atoms with Crippen molar-refractivity contribution < 1.29 is 29.0 Å². The number of carbonyl (C=O) groups excluding carboxylic acids is 2. The number of imide groups is 1.